The normalized spacial score (nSPS) is 13.8. The Morgan fingerprint density at radius 2 is 1.53 bits per heavy atom. The summed E-state index contributed by atoms with van der Waals surface area (Å²) in [6, 6.07) is -2.12. The highest BCUT2D eigenvalue weighted by Gasteiger charge is 2.19. The van der Waals surface area contributed by atoms with Gasteiger partial charge < -0.3 is 11.1 Å². The standard InChI is InChI=1S/C8H16N4O3/c1-4(6(13)10-3)11-5(2)7(14)12-8(9)15/h4-5,11H,1-3H3,(H,10,13)(H3,9,12,14,15). The van der Waals surface area contributed by atoms with E-state index in [0.717, 1.165) is 0 Å². The fourth-order valence-electron chi connectivity index (χ4n) is 0.973. The summed E-state index contributed by atoms with van der Waals surface area (Å²) in [6.45, 7) is 3.13. The lowest BCUT2D eigenvalue weighted by Gasteiger charge is -2.17. The van der Waals surface area contributed by atoms with E-state index in [1.807, 2.05) is 5.32 Å². The first-order valence-corrected chi connectivity index (χ1v) is 4.46. The average Bonchev–Trinajstić information content (AvgIpc) is 2.15. The molecule has 15 heavy (non-hydrogen) atoms. The maximum Gasteiger partial charge on any atom is 0.318 e. The third kappa shape index (κ3) is 4.96. The van der Waals surface area contributed by atoms with Gasteiger partial charge in [0.2, 0.25) is 11.8 Å². The second-order valence-corrected chi connectivity index (χ2v) is 3.08. The molecule has 7 nitrogen and oxygen atoms in total. The summed E-state index contributed by atoms with van der Waals surface area (Å²) >= 11 is 0. The van der Waals surface area contributed by atoms with E-state index in [9.17, 15) is 14.4 Å². The molecule has 0 saturated heterocycles. The molecule has 5 N–H and O–H groups in total. The number of rotatable bonds is 4. The zero-order chi connectivity index (χ0) is 12.0. The van der Waals surface area contributed by atoms with Gasteiger partial charge in [0.15, 0.2) is 0 Å². The molecule has 0 saturated carbocycles. The van der Waals surface area contributed by atoms with Gasteiger partial charge in [-0.2, -0.15) is 0 Å². The number of hydrogen-bond acceptors (Lipinski definition) is 4. The summed E-state index contributed by atoms with van der Waals surface area (Å²) in [4.78, 5) is 32.7. The first-order chi connectivity index (χ1) is 6.88. The van der Waals surface area contributed by atoms with Crippen molar-refractivity contribution in [2.75, 3.05) is 7.05 Å². The zero-order valence-electron chi connectivity index (χ0n) is 8.96. The highest BCUT2D eigenvalue weighted by molar-refractivity contribution is 5.96. The van der Waals surface area contributed by atoms with Crippen LogP contribution in [0, 0.1) is 0 Å². The number of likely N-dealkylation sites (N-methyl/N-ethyl adjacent to an activating group) is 1. The van der Waals surface area contributed by atoms with Crippen LogP contribution in [0.2, 0.25) is 0 Å². The van der Waals surface area contributed by atoms with E-state index in [-0.39, 0.29) is 5.91 Å². The summed E-state index contributed by atoms with van der Waals surface area (Å²) in [5, 5.41) is 7.04. The van der Waals surface area contributed by atoms with Crippen LogP contribution < -0.4 is 21.7 Å². The van der Waals surface area contributed by atoms with Gasteiger partial charge in [-0.1, -0.05) is 0 Å². The van der Waals surface area contributed by atoms with E-state index >= 15 is 0 Å². The van der Waals surface area contributed by atoms with Crippen LogP contribution in [0.1, 0.15) is 13.8 Å². The monoisotopic (exact) mass is 216 g/mol. The summed E-state index contributed by atoms with van der Waals surface area (Å²) in [5.41, 5.74) is 4.77. The molecule has 0 bridgehead atoms. The number of urea groups is 1. The molecular weight excluding hydrogens is 200 g/mol. The molecule has 2 unspecified atom stereocenters. The Balaban J connectivity index is 4.12. The van der Waals surface area contributed by atoms with Crippen molar-refractivity contribution in [3.05, 3.63) is 0 Å². The minimum Gasteiger partial charge on any atom is -0.358 e. The Hall–Kier alpha value is -1.63. The maximum absolute atomic E-state index is 11.2. The molecule has 0 aromatic rings. The van der Waals surface area contributed by atoms with Crippen LogP contribution in [0.5, 0.6) is 0 Å². The van der Waals surface area contributed by atoms with Crippen molar-refractivity contribution in [3.8, 4) is 0 Å². The van der Waals surface area contributed by atoms with Crippen LogP contribution in [0.3, 0.4) is 0 Å². The van der Waals surface area contributed by atoms with Gasteiger partial charge in [0.1, 0.15) is 0 Å². The molecule has 2 atom stereocenters. The third-order valence-corrected chi connectivity index (χ3v) is 1.78. The minimum absolute atomic E-state index is 0.242. The lowest BCUT2D eigenvalue weighted by atomic mass is 10.2. The van der Waals surface area contributed by atoms with Gasteiger partial charge in [-0.05, 0) is 13.8 Å². The minimum atomic E-state index is -0.916. The SMILES string of the molecule is CNC(=O)C(C)NC(C)C(=O)NC(N)=O. The smallest absolute Gasteiger partial charge is 0.318 e. The molecule has 86 valence electrons. The van der Waals surface area contributed by atoms with Crippen molar-refractivity contribution < 1.29 is 14.4 Å². The fraction of sp³-hybridized carbons (Fsp3) is 0.625. The quantitative estimate of drug-likeness (QED) is 0.448. The Labute approximate surface area is 87.8 Å². The Morgan fingerprint density at radius 1 is 1.07 bits per heavy atom. The molecule has 0 aromatic heterocycles. The molecule has 0 aromatic carbocycles. The van der Waals surface area contributed by atoms with Crippen molar-refractivity contribution in [2.45, 2.75) is 25.9 Å². The lowest BCUT2D eigenvalue weighted by molar-refractivity contribution is -0.124. The van der Waals surface area contributed by atoms with E-state index in [2.05, 4.69) is 10.6 Å². The van der Waals surface area contributed by atoms with Crippen molar-refractivity contribution in [2.24, 2.45) is 5.73 Å². The second kappa shape index (κ2) is 5.97. The van der Waals surface area contributed by atoms with Crippen molar-refractivity contribution in [1.29, 1.82) is 0 Å². The molecule has 0 heterocycles. The van der Waals surface area contributed by atoms with Crippen LogP contribution in [0.15, 0.2) is 0 Å². The zero-order valence-corrected chi connectivity index (χ0v) is 8.96. The predicted octanol–water partition coefficient (Wildman–Crippen LogP) is -1.71. The van der Waals surface area contributed by atoms with Gasteiger partial charge in [-0.15, -0.1) is 0 Å². The molecule has 0 spiro atoms. The number of imide groups is 1. The average molecular weight is 216 g/mol. The molecule has 4 amide bonds. The summed E-state index contributed by atoms with van der Waals surface area (Å²) in [5.74, 6) is -0.813. The Bertz CT molecular complexity index is 267. The van der Waals surface area contributed by atoms with Gasteiger partial charge in [-0.25, -0.2) is 4.79 Å². The Kier molecular flexibility index (Phi) is 5.32. The van der Waals surface area contributed by atoms with E-state index in [4.69, 9.17) is 5.73 Å². The number of hydrogen-bond donors (Lipinski definition) is 4. The van der Waals surface area contributed by atoms with Gasteiger partial charge in [0.05, 0.1) is 12.1 Å². The third-order valence-electron chi connectivity index (χ3n) is 1.78. The topological polar surface area (TPSA) is 113 Å². The number of nitrogens with one attached hydrogen (secondary N) is 3. The van der Waals surface area contributed by atoms with Gasteiger partial charge in [0, 0.05) is 7.05 Å². The summed E-state index contributed by atoms with van der Waals surface area (Å²) < 4.78 is 0. The van der Waals surface area contributed by atoms with Gasteiger partial charge in [0.25, 0.3) is 0 Å². The van der Waals surface area contributed by atoms with Gasteiger partial charge in [-0.3, -0.25) is 20.2 Å². The Morgan fingerprint density at radius 3 is 1.93 bits per heavy atom. The van der Waals surface area contributed by atoms with E-state index < -0.39 is 24.0 Å². The molecule has 7 heteroatoms. The van der Waals surface area contributed by atoms with Crippen molar-refractivity contribution in [3.63, 3.8) is 0 Å². The largest absolute Gasteiger partial charge is 0.358 e. The molecule has 0 radical (unpaired) electrons. The molecule has 0 aliphatic carbocycles. The summed E-state index contributed by atoms with van der Waals surface area (Å²) in [6.07, 6.45) is 0. The molecular formula is C8H16N4O3. The fourth-order valence-corrected chi connectivity index (χ4v) is 0.973. The highest BCUT2D eigenvalue weighted by Crippen LogP contribution is 1.88. The molecule has 0 aliphatic heterocycles. The van der Waals surface area contributed by atoms with Crippen LogP contribution in [-0.2, 0) is 9.59 Å². The summed E-state index contributed by atoms with van der Waals surface area (Å²) in [7, 11) is 1.49. The number of carbonyl (C=O) groups excluding carboxylic acids is 3. The highest BCUT2D eigenvalue weighted by atomic mass is 16.2. The number of nitrogens with two attached hydrogens (primary N) is 1. The molecule has 0 rings (SSSR count). The van der Waals surface area contributed by atoms with Crippen molar-refractivity contribution in [1.82, 2.24) is 16.0 Å². The lowest BCUT2D eigenvalue weighted by Crippen LogP contribution is -2.52. The first-order valence-electron chi connectivity index (χ1n) is 4.46. The number of primary amides is 1. The maximum atomic E-state index is 11.2. The first kappa shape index (κ1) is 13.4. The predicted molar refractivity (Wildman–Crippen MR) is 53.9 cm³/mol. The van der Waals surface area contributed by atoms with E-state index in [1.54, 1.807) is 6.92 Å². The molecule has 0 aliphatic rings. The number of carbonyl (C=O) groups is 3. The van der Waals surface area contributed by atoms with E-state index in [0.29, 0.717) is 0 Å². The van der Waals surface area contributed by atoms with Crippen LogP contribution >= 0.6 is 0 Å². The molecule has 0 fully saturated rings. The second-order valence-electron chi connectivity index (χ2n) is 3.08. The van der Waals surface area contributed by atoms with Crippen LogP contribution in [0.4, 0.5) is 4.79 Å². The number of amides is 4. The van der Waals surface area contributed by atoms with Crippen molar-refractivity contribution >= 4 is 17.8 Å². The van der Waals surface area contributed by atoms with E-state index in [1.165, 1.54) is 14.0 Å². The van der Waals surface area contributed by atoms with Crippen LogP contribution in [0.25, 0.3) is 0 Å². The van der Waals surface area contributed by atoms with Gasteiger partial charge >= 0.3 is 6.03 Å². The van der Waals surface area contributed by atoms with Crippen LogP contribution in [-0.4, -0.2) is 37.0 Å².